The molecule has 1 aliphatic rings. The minimum Gasteiger partial charge on any atom is -1.00 e. The van der Waals surface area contributed by atoms with Crippen molar-refractivity contribution in [2.45, 2.75) is 19.6 Å². The van der Waals surface area contributed by atoms with Crippen molar-refractivity contribution >= 4 is 23.2 Å². The van der Waals surface area contributed by atoms with Crippen LogP contribution in [0.1, 0.15) is 17.5 Å². The van der Waals surface area contributed by atoms with E-state index in [1.807, 2.05) is 36.4 Å². The summed E-state index contributed by atoms with van der Waals surface area (Å²) >= 11 is 12.4. The zero-order valence-corrected chi connectivity index (χ0v) is 20.5. The Bertz CT molecular complexity index is 772. The molecule has 5 nitrogen and oxygen atoms in total. The molecule has 1 heterocycles. The van der Waals surface area contributed by atoms with Crippen LogP contribution >= 0.6 is 23.2 Å². The van der Waals surface area contributed by atoms with E-state index < -0.39 is 0 Å². The molecule has 0 radical (unpaired) electrons. The molecule has 0 aliphatic carbocycles. The van der Waals surface area contributed by atoms with Crippen molar-refractivity contribution in [1.29, 1.82) is 0 Å². The molecule has 1 N–H and O–H groups in total. The molecule has 2 aromatic carbocycles. The second-order valence-corrected chi connectivity index (χ2v) is 7.85. The number of benzene rings is 2. The Kier molecular flexibility index (Phi) is 13.6. The number of halogens is 4. The van der Waals surface area contributed by atoms with Crippen LogP contribution in [0.25, 0.3) is 0 Å². The molecule has 0 amide bonds. The van der Waals surface area contributed by atoms with Gasteiger partial charge in [-0.3, -0.25) is 4.90 Å². The first-order chi connectivity index (χ1) is 14.2. The Morgan fingerprint density at radius 1 is 1.03 bits per heavy atom. The SMILES string of the molecule is COc1cc(CNCCCN2CCOCC2)cc(Cl)c1OCc1ccc(Cl)cc1.[Cl-].[Cl-]. The van der Waals surface area contributed by atoms with Crippen LogP contribution < -0.4 is 39.6 Å². The number of ether oxygens (including phenoxy) is 3. The molecule has 31 heavy (non-hydrogen) atoms. The van der Waals surface area contributed by atoms with Gasteiger partial charge in [-0.2, -0.15) is 0 Å². The molecule has 1 aliphatic heterocycles. The molecular formula is C22H28Cl4N2O3-2. The second kappa shape index (κ2) is 15.0. The zero-order chi connectivity index (χ0) is 20.5. The van der Waals surface area contributed by atoms with Crippen molar-refractivity contribution in [3.63, 3.8) is 0 Å². The molecule has 0 spiro atoms. The van der Waals surface area contributed by atoms with E-state index in [4.69, 9.17) is 37.4 Å². The van der Waals surface area contributed by atoms with E-state index in [0.717, 1.165) is 63.5 Å². The van der Waals surface area contributed by atoms with Crippen LogP contribution in [0.15, 0.2) is 36.4 Å². The third-order valence-electron chi connectivity index (χ3n) is 4.85. The van der Waals surface area contributed by atoms with Gasteiger partial charge in [-0.05, 0) is 54.9 Å². The number of hydrogen-bond donors (Lipinski definition) is 1. The second-order valence-electron chi connectivity index (χ2n) is 7.01. The lowest BCUT2D eigenvalue weighted by atomic mass is 10.2. The summed E-state index contributed by atoms with van der Waals surface area (Å²) in [6.07, 6.45) is 1.10. The number of hydrogen-bond acceptors (Lipinski definition) is 5. The highest BCUT2D eigenvalue weighted by Gasteiger charge is 2.13. The molecule has 2 aromatic rings. The molecular weight excluding hydrogens is 482 g/mol. The van der Waals surface area contributed by atoms with E-state index in [1.54, 1.807) is 7.11 Å². The van der Waals surface area contributed by atoms with Gasteiger partial charge >= 0.3 is 0 Å². The number of nitrogens with one attached hydrogen (secondary N) is 1. The number of rotatable bonds is 10. The number of methoxy groups -OCH3 is 1. The Morgan fingerprint density at radius 3 is 2.42 bits per heavy atom. The third-order valence-corrected chi connectivity index (χ3v) is 5.38. The largest absolute Gasteiger partial charge is 1.00 e. The Balaban J connectivity index is 0.00000240. The molecule has 0 bridgehead atoms. The van der Waals surface area contributed by atoms with Crippen molar-refractivity contribution in [3.05, 3.63) is 57.6 Å². The lowest BCUT2D eigenvalue weighted by Crippen LogP contribution is -3.00. The van der Waals surface area contributed by atoms with Crippen LogP contribution in [0.5, 0.6) is 11.5 Å². The highest BCUT2D eigenvalue weighted by Crippen LogP contribution is 2.37. The summed E-state index contributed by atoms with van der Waals surface area (Å²) in [5, 5.41) is 4.72. The normalized spacial score (nSPS) is 13.8. The lowest BCUT2D eigenvalue weighted by molar-refractivity contribution is -0.001000. The fourth-order valence-electron chi connectivity index (χ4n) is 3.24. The number of morpholine rings is 1. The van der Waals surface area contributed by atoms with Gasteiger partial charge in [0.2, 0.25) is 0 Å². The molecule has 1 fully saturated rings. The Labute approximate surface area is 207 Å². The van der Waals surface area contributed by atoms with Gasteiger partial charge in [0.05, 0.1) is 25.3 Å². The van der Waals surface area contributed by atoms with Crippen LogP contribution in [-0.2, 0) is 17.9 Å². The van der Waals surface area contributed by atoms with E-state index >= 15 is 0 Å². The fraction of sp³-hybridized carbons (Fsp3) is 0.455. The highest BCUT2D eigenvalue weighted by molar-refractivity contribution is 6.32. The van der Waals surface area contributed by atoms with Gasteiger partial charge in [0, 0.05) is 24.7 Å². The summed E-state index contributed by atoms with van der Waals surface area (Å²) < 4.78 is 16.8. The third kappa shape index (κ3) is 9.22. The maximum atomic E-state index is 6.47. The van der Waals surface area contributed by atoms with Gasteiger partial charge in [-0.25, -0.2) is 0 Å². The molecule has 0 atom stereocenters. The van der Waals surface area contributed by atoms with Crippen LogP contribution in [0.4, 0.5) is 0 Å². The molecule has 0 aromatic heterocycles. The van der Waals surface area contributed by atoms with Crippen LogP contribution in [0, 0.1) is 0 Å². The summed E-state index contributed by atoms with van der Waals surface area (Å²) in [4.78, 5) is 2.44. The summed E-state index contributed by atoms with van der Waals surface area (Å²) in [5.41, 5.74) is 2.08. The van der Waals surface area contributed by atoms with Crippen molar-refractivity contribution in [3.8, 4) is 11.5 Å². The first kappa shape index (κ1) is 28.1. The molecule has 1 saturated heterocycles. The first-order valence-electron chi connectivity index (χ1n) is 9.90. The average molecular weight is 510 g/mol. The predicted molar refractivity (Wildman–Crippen MR) is 117 cm³/mol. The van der Waals surface area contributed by atoms with E-state index in [0.29, 0.717) is 28.2 Å². The fourth-order valence-corrected chi connectivity index (χ4v) is 3.65. The summed E-state index contributed by atoms with van der Waals surface area (Å²) in [7, 11) is 1.63. The molecule has 9 heteroatoms. The Morgan fingerprint density at radius 2 is 1.74 bits per heavy atom. The van der Waals surface area contributed by atoms with Crippen molar-refractivity contribution < 1.29 is 39.0 Å². The van der Waals surface area contributed by atoms with Crippen molar-refractivity contribution in [1.82, 2.24) is 10.2 Å². The van der Waals surface area contributed by atoms with Gasteiger partial charge in [-0.1, -0.05) is 35.3 Å². The van der Waals surface area contributed by atoms with Gasteiger partial charge in [0.15, 0.2) is 11.5 Å². The zero-order valence-electron chi connectivity index (χ0n) is 17.5. The van der Waals surface area contributed by atoms with Gasteiger partial charge in [0.25, 0.3) is 0 Å². The van der Waals surface area contributed by atoms with Gasteiger partial charge in [0.1, 0.15) is 6.61 Å². The van der Waals surface area contributed by atoms with Crippen molar-refractivity contribution in [2.75, 3.05) is 46.5 Å². The van der Waals surface area contributed by atoms with E-state index in [-0.39, 0.29) is 24.8 Å². The van der Waals surface area contributed by atoms with E-state index in [1.165, 1.54) is 0 Å². The van der Waals surface area contributed by atoms with Crippen molar-refractivity contribution in [2.24, 2.45) is 0 Å². The molecule has 174 valence electrons. The molecule has 3 rings (SSSR count). The van der Waals surface area contributed by atoms with Gasteiger partial charge in [-0.15, -0.1) is 0 Å². The van der Waals surface area contributed by atoms with Crippen LogP contribution in [0.3, 0.4) is 0 Å². The summed E-state index contributed by atoms with van der Waals surface area (Å²) in [6.45, 7) is 6.93. The minimum absolute atomic E-state index is 0. The minimum atomic E-state index is 0. The maximum absolute atomic E-state index is 6.47. The first-order valence-corrected chi connectivity index (χ1v) is 10.7. The standard InChI is InChI=1S/C22H28Cl2N2O3.2ClH/c1-27-21-14-18(15-25-7-2-8-26-9-11-28-12-10-26)13-20(24)22(21)29-16-17-3-5-19(23)6-4-17;;/h3-6,13-14,25H,2,7-12,15-16H2,1H3;2*1H/p-2. The smallest absolute Gasteiger partial charge is 0.180 e. The monoisotopic (exact) mass is 508 g/mol. The molecule has 0 saturated carbocycles. The number of nitrogens with zero attached hydrogens (tertiary/aromatic N) is 1. The van der Waals surface area contributed by atoms with E-state index in [9.17, 15) is 0 Å². The van der Waals surface area contributed by atoms with Crippen LogP contribution in [-0.4, -0.2) is 51.4 Å². The van der Waals surface area contributed by atoms with Gasteiger partial charge < -0.3 is 44.3 Å². The van der Waals surface area contributed by atoms with Crippen LogP contribution in [0.2, 0.25) is 10.0 Å². The highest BCUT2D eigenvalue weighted by atomic mass is 35.5. The summed E-state index contributed by atoms with van der Waals surface area (Å²) in [5.74, 6) is 1.19. The molecule has 0 unspecified atom stereocenters. The van der Waals surface area contributed by atoms with E-state index in [2.05, 4.69) is 10.2 Å². The quantitative estimate of drug-likeness (QED) is 0.391. The average Bonchev–Trinajstić information content (AvgIpc) is 2.74. The topological polar surface area (TPSA) is 43.0 Å². The predicted octanol–water partition coefficient (Wildman–Crippen LogP) is -1.60. The maximum Gasteiger partial charge on any atom is 0.180 e. The summed E-state index contributed by atoms with van der Waals surface area (Å²) in [6, 6.07) is 11.4. The Hall–Kier alpha value is -0.920. The lowest BCUT2D eigenvalue weighted by Gasteiger charge is -2.26.